The van der Waals surface area contributed by atoms with Crippen LogP contribution in [-0.2, 0) is 0 Å². The Balaban J connectivity index is 1.35. The van der Waals surface area contributed by atoms with Gasteiger partial charge >= 0.3 is 0 Å². The second-order valence-corrected chi connectivity index (χ2v) is 11.2. The van der Waals surface area contributed by atoms with Crippen molar-refractivity contribution in [3.8, 4) is 45.3 Å². The van der Waals surface area contributed by atoms with Crippen molar-refractivity contribution in [2.75, 3.05) is 0 Å². The Morgan fingerprint density at radius 3 is 1.67 bits per heavy atom. The van der Waals surface area contributed by atoms with E-state index in [1.807, 2.05) is 48.5 Å². The van der Waals surface area contributed by atoms with Crippen molar-refractivity contribution in [2.45, 2.75) is 0 Å². The van der Waals surface area contributed by atoms with Crippen LogP contribution in [0.5, 0.6) is 0 Å². The van der Waals surface area contributed by atoms with Crippen LogP contribution in [0, 0.1) is 0 Å². The maximum Gasteiger partial charge on any atom is 0.167 e. The average Bonchev–Trinajstić information content (AvgIpc) is 3.51. The molecule has 0 unspecified atom stereocenters. The van der Waals surface area contributed by atoms with Gasteiger partial charge in [0.1, 0.15) is 11.2 Å². The van der Waals surface area contributed by atoms with E-state index in [2.05, 4.69) is 103 Å². The number of para-hydroxylation sites is 1. The van der Waals surface area contributed by atoms with E-state index in [9.17, 15) is 0 Å². The molecule has 0 N–H and O–H groups in total. The van der Waals surface area contributed by atoms with E-state index in [0.29, 0.717) is 17.5 Å². The van der Waals surface area contributed by atoms with Gasteiger partial charge in [-0.25, -0.2) is 15.0 Å². The number of nitrogens with zero attached hydrogens (tertiary/aromatic N) is 3. The summed E-state index contributed by atoms with van der Waals surface area (Å²) < 4.78 is 6.57. The molecule has 0 fully saturated rings. The molecule has 210 valence electrons. The summed E-state index contributed by atoms with van der Waals surface area (Å²) in [7, 11) is 0. The zero-order chi connectivity index (χ0) is 29.7. The molecule has 0 aliphatic rings. The second-order valence-electron chi connectivity index (χ2n) is 11.2. The maximum absolute atomic E-state index is 6.57. The van der Waals surface area contributed by atoms with Gasteiger partial charge in [-0.05, 0) is 50.9 Å². The summed E-state index contributed by atoms with van der Waals surface area (Å²) in [6.07, 6.45) is 0. The van der Waals surface area contributed by atoms with Crippen LogP contribution in [0.3, 0.4) is 0 Å². The molecular weight excluding hydrogens is 550 g/mol. The largest absolute Gasteiger partial charge is 0.455 e. The van der Waals surface area contributed by atoms with Crippen molar-refractivity contribution in [3.05, 3.63) is 152 Å². The van der Waals surface area contributed by atoms with E-state index in [-0.39, 0.29) is 0 Å². The van der Waals surface area contributed by atoms with Gasteiger partial charge in [0.25, 0.3) is 0 Å². The number of rotatable bonds is 4. The molecule has 45 heavy (non-hydrogen) atoms. The predicted octanol–water partition coefficient (Wildman–Crippen LogP) is 10.7. The Morgan fingerprint density at radius 1 is 0.378 bits per heavy atom. The summed E-state index contributed by atoms with van der Waals surface area (Å²) in [4.78, 5) is 15.4. The summed E-state index contributed by atoms with van der Waals surface area (Å²) in [5, 5.41) is 6.62. The Kier molecular flexibility index (Phi) is 5.78. The number of benzene rings is 7. The number of fused-ring (bicyclic) bond motifs is 6. The van der Waals surface area contributed by atoms with Crippen LogP contribution in [0.25, 0.3) is 88.8 Å². The highest BCUT2D eigenvalue weighted by Gasteiger charge is 2.21. The topological polar surface area (TPSA) is 51.8 Å². The van der Waals surface area contributed by atoms with Gasteiger partial charge in [-0.15, -0.1) is 0 Å². The Hall–Kier alpha value is -6.13. The lowest BCUT2D eigenvalue weighted by Crippen LogP contribution is -2.01. The normalized spacial score (nSPS) is 11.6. The van der Waals surface area contributed by atoms with Crippen molar-refractivity contribution in [1.29, 1.82) is 0 Å². The first-order chi connectivity index (χ1) is 22.3. The van der Waals surface area contributed by atoms with Crippen LogP contribution in [0.4, 0.5) is 0 Å². The van der Waals surface area contributed by atoms with Gasteiger partial charge in [0.2, 0.25) is 0 Å². The fourth-order valence-corrected chi connectivity index (χ4v) is 6.44. The van der Waals surface area contributed by atoms with E-state index < -0.39 is 0 Å². The summed E-state index contributed by atoms with van der Waals surface area (Å²) in [6, 6.07) is 52.1. The molecule has 9 rings (SSSR count). The molecule has 0 bridgehead atoms. The van der Waals surface area contributed by atoms with Gasteiger partial charge < -0.3 is 4.42 Å². The van der Waals surface area contributed by atoms with Crippen LogP contribution in [0.15, 0.2) is 156 Å². The number of hydrogen-bond acceptors (Lipinski definition) is 4. The highest BCUT2D eigenvalue weighted by molar-refractivity contribution is 6.22. The fraction of sp³-hybridized carbons (Fsp3) is 0. The molecule has 0 atom stereocenters. The Bertz CT molecular complexity index is 2540. The minimum Gasteiger partial charge on any atom is -0.455 e. The Morgan fingerprint density at radius 2 is 0.911 bits per heavy atom. The monoisotopic (exact) mass is 575 g/mol. The minimum atomic E-state index is 0.574. The molecule has 0 spiro atoms. The first-order valence-corrected chi connectivity index (χ1v) is 15.0. The lowest BCUT2D eigenvalue weighted by molar-refractivity contribution is 0.670. The number of furan rings is 1. The van der Waals surface area contributed by atoms with E-state index in [0.717, 1.165) is 60.2 Å². The highest BCUT2D eigenvalue weighted by Crippen LogP contribution is 2.41. The lowest BCUT2D eigenvalue weighted by Gasteiger charge is -2.13. The van der Waals surface area contributed by atoms with Gasteiger partial charge in [0.05, 0.1) is 5.56 Å². The summed E-state index contributed by atoms with van der Waals surface area (Å²) in [6.45, 7) is 0. The van der Waals surface area contributed by atoms with E-state index in [1.54, 1.807) is 0 Å². The molecule has 9 aromatic rings. The number of hydrogen-bond donors (Lipinski definition) is 0. The quantitative estimate of drug-likeness (QED) is 0.209. The average molecular weight is 576 g/mol. The third-order valence-electron chi connectivity index (χ3n) is 8.53. The number of aromatic nitrogens is 3. The molecule has 0 saturated carbocycles. The molecule has 0 amide bonds. The third kappa shape index (κ3) is 4.19. The van der Waals surface area contributed by atoms with Gasteiger partial charge in [-0.1, -0.05) is 133 Å². The second kappa shape index (κ2) is 10.2. The zero-order valence-electron chi connectivity index (χ0n) is 24.2. The van der Waals surface area contributed by atoms with Gasteiger partial charge in [0, 0.05) is 21.9 Å². The van der Waals surface area contributed by atoms with Crippen molar-refractivity contribution in [2.24, 2.45) is 0 Å². The minimum absolute atomic E-state index is 0.574. The summed E-state index contributed by atoms with van der Waals surface area (Å²) in [5.74, 6) is 1.81. The lowest BCUT2D eigenvalue weighted by atomic mass is 9.94. The van der Waals surface area contributed by atoms with Crippen molar-refractivity contribution in [1.82, 2.24) is 15.0 Å². The van der Waals surface area contributed by atoms with Crippen molar-refractivity contribution < 1.29 is 4.42 Å². The first-order valence-electron chi connectivity index (χ1n) is 15.0. The molecule has 2 heterocycles. The van der Waals surface area contributed by atoms with E-state index in [1.165, 1.54) is 11.1 Å². The highest BCUT2D eigenvalue weighted by atomic mass is 16.3. The predicted molar refractivity (Wildman–Crippen MR) is 184 cm³/mol. The fourth-order valence-electron chi connectivity index (χ4n) is 6.44. The van der Waals surface area contributed by atoms with Crippen molar-refractivity contribution >= 4 is 43.5 Å². The first kappa shape index (κ1) is 25.4. The van der Waals surface area contributed by atoms with Crippen LogP contribution in [-0.4, -0.2) is 15.0 Å². The van der Waals surface area contributed by atoms with Crippen molar-refractivity contribution in [3.63, 3.8) is 0 Å². The standard InChI is InChI=1S/C41H25N3O/c1-3-13-26(14-4-1)29-23-24-33(32-20-10-9-19-31(29)32)40-42-39(27-15-5-2-6-16-27)43-41(44-40)35-25-28-17-7-8-18-30(28)37-34-21-11-12-22-36(34)45-38(35)37/h1-25H. The zero-order valence-corrected chi connectivity index (χ0v) is 24.2. The van der Waals surface area contributed by atoms with E-state index >= 15 is 0 Å². The third-order valence-corrected chi connectivity index (χ3v) is 8.53. The molecule has 4 nitrogen and oxygen atoms in total. The van der Waals surface area contributed by atoms with Gasteiger partial charge in [-0.2, -0.15) is 0 Å². The molecule has 0 saturated heterocycles. The SMILES string of the molecule is c1ccc(-c2nc(-c3ccc(-c4ccccc4)c4ccccc34)nc(-c3cc4ccccc4c4c3oc3ccccc34)n2)cc1. The maximum atomic E-state index is 6.57. The molecule has 4 heteroatoms. The van der Waals surface area contributed by atoms with Gasteiger partial charge in [-0.3, -0.25) is 0 Å². The van der Waals surface area contributed by atoms with Gasteiger partial charge in [0.15, 0.2) is 17.5 Å². The molecule has 7 aromatic carbocycles. The Labute approximate surface area is 259 Å². The van der Waals surface area contributed by atoms with E-state index in [4.69, 9.17) is 19.4 Å². The van der Waals surface area contributed by atoms with Crippen LogP contribution >= 0.6 is 0 Å². The van der Waals surface area contributed by atoms with Crippen LogP contribution in [0.2, 0.25) is 0 Å². The summed E-state index contributed by atoms with van der Waals surface area (Å²) in [5.41, 5.74) is 6.67. The van der Waals surface area contributed by atoms with Crippen LogP contribution < -0.4 is 0 Å². The molecule has 2 aromatic heterocycles. The molecular formula is C41H25N3O. The molecule has 0 aliphatic carbocycles. The summed E-state index contributed by atoms with van der Waals surface area (Å²) >= 11 is 0. The van der Waals surface area contributed by atoms with Crippen LogP contribution in [0.1, 0.15) is 0 Å². The molecule has 0 aliphatic heterocycles. The molecule has 0 radical (unpaired) electrons. The smallest absolute Gasteiger partial charge is 0.167 e.